The Labute approximate surface area is 112 Å². The predicted octanol–water partition coefficient (Wildman–Crippen LogP) is 1.40. The lowest BCUT2D eigenvalue weighted by atomic mass is 9.94. The van der Waals surface area contributed by atoms with Gasteiger partial charge < -0.3 is 5.73 Å². The van der Waals surface area contributed by atoms with Crippen LogP contribution in [0.25, 0.3) is 0 Å². The first-order valence-corrected chi connectivity index (χ1v) is 9.05. The molecule has 1 fully saturated rings. The summed E-state index contributed by atoms with van der Waals surface area (Å²) in [6.45, 7) is 4.03. The number of nitrogens with zero attached hydrogens (tertiary/aromatic N) is 1. The van der Waals surface area contributed by atoms with E-state index < -0.39 is 9.84 Å². The zero-order valence-electron chi connectivity index (χ0n) is 11.6. The normalized spacial score (nSPS) is 18.4. The molecular weight excluding hydrogens is 248 g/mol. The fourth-order valence-electron chi connectivity index (χ4n) is 2.62. The fourth-order valence-corrected chi connectivity index (χ4v) is 3.42. The van der Waals surface area contributed by atoms with Gasteiger partial charge in [-0.15, -0.1) is 0 Å². The Hall–Kier alpha value is -0.130. The lowest BCUT2D eigenvalue weighted by molar-refractivity contribution is 0.163. The summed E-state index contributed by atoms with van der Waals surface area (Å²) < 4.78 is 23.2. The van der Waals surface area contributed by atoms with Gasteiger partial charge in [-0.2, -0.15) is 0 Å². The molecule has 0 atom stereocenters. The molecule has 2 N–H and O–H groups in total. The molecule has 0 spiro atoms. The Morgan fingerprint density at radius 2 is 1.83 bits per heavy atom. The van der Waals surface area contributed by atoms with Crippen molar-refractivity contribution in [1.82, 2.24) is 4.90 Å². The molecule has 0 heterocycles. The van der Waals surface area contributed by atoms with Crippen molar-refractivity contribution in [2.45, 2.75) is 51.5 Å². The minimum absolute atomic E-state index is 0.252. The van der Waals surface area contributed by atoms with Crippen molar-refractivity contribution in [1.29, 1.82) is 0 Å². The van der Waals surface area contributed by atoms with Crippen molar-refractivity contribution in [3.05, 3.63) is 0 Å². The molecule has 1 rings (SSSR count). The maximum Gasteiger partial charge on any atom is 0.151 e. The van der Waals surface area contributed by atoms with Gasteiger partial charge in [0.2, 0.25) is 0 Å². The maximum absolute atomic E-state index is 11.6. The number of sulfone groups is 1. The van der Waals surface area contributed by atoms with Crippen LogP contribution in [0.3, 0.4) is 0 Å². The molecule has 1 aliphatic carbocycles. The largest absolute Gasteiger partial charge is 0.330 e. The molecule has 1 aliphatic rings. The molecule has 18 heavy (non-hydrogen) atoms. The summed E-state index contributed by atoms with van der Waals surface area (Å²) in [6.07, 6.45) is 7.29. The average molecular weight is 276 g/mol. The van der Waals surface area contributed by atoms with E-state index in [0.717, 1.165) is 13.0 Å². The highest BCUT2D eigenvalue weighted by atomic mass is 32.2. The Bertz CT molecular complexity index is 311. The van der Waals surface area contributed by atoms with E-state index in [1.165, 1.54) is 32.1 Å². The van der Waals surface area contributed by atoms with Gasteiger partial charge in [0, 0.05) is 18.3 Å². The molecule has 5 heteroatoms. The molecule has 0 aromatic carbocycles. The Kier molecular flexibility index (Phi) is 7.19. The van der Waals surface area contributed by atoms with Crippen molar-refractivity contribution in [3.8, 4) is 0 Å². The third kappa shape index (κ3) is 5.67. The molecule has 0 unspecified atom stereocenters. The zero-order valence-corrected chi connectivity index (χ0v) is 12.4. The van der Waals surface area contributed by atoms with E-state index in [9.17, 15) is 8.42 Å². The third-order valence-corrected chi connectivity index (χ3v) is 5.55. The van der Waals surface area contributed by atoms with Crippen LogP contribution in [0.2, 0.25) is 0 Å². The van der Waals surface area contributed by atoms with E-state index in [4.69, 9.17) is 5.73 Å². The lowest BCUT2D eigenvalue weighted by Gasteiger charge is -2.34. The van der Waals surface area contributed by atoms with Crippen LogP contribution in [0, 0.1) is 0 Å². The van der Waals surface area contributed by atoms with Gasteiger partial charge in [0.25, 0.3) is 0 Å². The van der Waals surface area contributed by atoms with Crippen LogP contribution in [0.1, 0.15) is 45.4 Å². The molecule has 0 aromatic heterocycles. The maximum atomic E-state index is 11.6. The summed E-state index contributed by atoms with van der Waals surface area (Å²) in [5.41, 5.74) is 5.57. The van der Waals surface area contributed by atoms with Crippen molar-refractivity contribution in [2.24, 2.45) is 5.73 Å². The van der Waals surface area contributed by atoms with Crippen LogP contribution >= 0.6 is 0 Å². The quantitative estimate of drug-likeness (QED) is 0.728. The highest BCUT2D eigenvalue weighted by molar-refractivity contribution is 7.91. The van der Waals surface area contributed by atoms with Crippen LogP contribution in [-0.4, -0.2) is 50.5 Å². The molecule has 0 amide bonds. The minimum atomic E-state index is -2.85. The van der Waals surface area contributed by atoms with E-state index in [-0.39, 0.29) is 5.75 Å². The van der Waals surface area contributed by atoms with Crippen LogP contribution in [0.5, 0.6) is 0 Å². The van der Waals surface area contributed by atoms with Gasteiger partial charge in [-0.25, -0.2) is 8.42 Å². The van der Waals surface area contributed by atoms with Crippen LogP contribution in [-0.2, 0) is 9.84 Å². The highest BCUT2D eigenvalue weighted by Gasteiger charge is 2.21. The van der Waals surface area contributed by atoms with E-state index in [1.807, 2.05) is 0 Å². The van der Waals surface area contributed by atoms with E-state index in [2.05, 4.69) is 4.90 Å². The molecule has 0 saturated heterocycles. The summed E-state index contributed by atoms with van der Waals surface area (Å²) in [5, 5.41) is 0. The second-order valence-electron chi connectivity index (χ2n) is 5.21. The number of rotatable bonds is 8. The van der Waals surface area contributed by atoms with Gasteiger partial charge in [-0.1, -0.05) is 26.2 Å². The van der Waals surface area contributed by atoms with E-state index in [1.54, 1.807) is 6.92 Å². The van der Waals surface area contributed by atoms with Crippen molar-refractivity contribution in [2.75, 3.05) is 31.1 Å². The van der Waals surface area contributed by atoms with Crippen LogP contribution in [0.4, 0.5) is 0 Å². The zero-order chi connectivity index (χ0) is 13.4. The third-order valence-electron chi connectivity index (χ3n) is 3.87. The summed E-state index contributed by atoms with van der Waals surface area (Å²) >= 11 is 0. The standard InChI is InChI=1S/C13H28N2O2S/c1-2-18(16,17)12-11-15(10-6-9-14)13-7-4-3-5-8-13/h13H,2-12,14H2,1H3. The van der Waals surface area contributed by atoms with Crippen LogP contribution < -0.4 is 5.73 Å². The average Bonchev–Trinajstić information content (AvgIpc) is 2.40. The summed E-state index contributed by atoms with van der Waals surface area (Å²) in [5.74, 6) is 0.549. The minimum Gasteiger partial charge on any atom is -0.330 e. The van der Waals surface area contributed by atoms with E-state index in [0.29, 0.717) is 24.9 Å². The van der Waals surface area contributed by atoms with Gasteiger partial charge in [0.15, 0.2) is 9.84 Å². The Balaban J connectivity index is 2.48. The van der Waals surface area contributed by atoms with Gasteiger partial charge in [0.1, 0.15) is 0 Å². The second kappa shape index (κ2) is 8.12. The molecule has 4 nitrogen and oxygen atoms in total. The van der Waals surface area contributed by atoms with Crippen molar-refractivity contribution in [3.63, 3.8) is 0 Å². The summed E-state index contributed by atoms with van der Waals surface area (Å²) in [7, 11) is -2.85. The van der Waals surface area contributed by atoms with Gasteiger partial charge >= 0.3 is 0 Å². The van der Waals surface area contributed by atoms with Gasteiger partial charge in [-0.3, -0.25) is 4.90 Å². The summed E-state index contributed by atoms with van der Waals surface area (Å²) in [6, 6.07) is 0.581. The van der Waals surface area contributed by atoms with Crippen LogP contribution in [0.15, 0.2) is 0 Å². The lowest BCUT2D eigenvalue weighted by Crippen LogP contribution is -2.41. The second-order valence-corrected chi connectivity index (χ2v) is 7.68. The number of hydrogen-bond donors (Lipinski definition) is 1. The first-order chi connectivity index (χ1) is 8.59. The molecule has 108 valence electrons. The molecule has 1 saturated carbocycles. The summed E-state index contributed by atoms with van der Waals surface area (Å²) in [4.78, 5) is 2.36. The first kappa shape index (κ1) is 15.9. The number of hydrogen-bond acceptors (Lipinski definition) is 4. The highest BCUT2D eigenvalue weighted by Crippen LogP contribution is 2.22. The fraction of sp³-hybridized carbons (Fsp3) is 1.00. The number of nitrogens with two attached hydrogens (primary N) is 1. The monoisotopic (exact) mass is 276 g/mol. The van der Waals surface area contributed by atoms with Gasteiger partial charge in [0.05, 0.1) is 5.75 Å². The van der Waals surface area contributed by atoms with Crippen molar-refractivity contribution < 1.29 is 8.42 Å². The van der Waals surface area contributed by atoms with Gasteiger partial charge in [-0.05, 0) is 32.4 Å². The Morgan fingerprint density at radius 1 is 1.17 bits per heavy atom. The SMILES string of the molecule is CCS(=O)(=O)CCN(CCCN)C1CCCCC1. The smallest absolute Gasteiger partial charge is 0.151 e. The van der Waals surface area contributed by atoms with Crippen molar-refractivity contribution >= 4 is 9.84 Å². The molecular formula is C13H28N2O2S. The molecule has 0 aliphatic heterocycles. The topological polar surface area (TPSA) is 63.4 Å². The Morgan fingerprint density at radius 3 is 2.39 bits per heavy atom. The molecule has 0 radical (unpaired) electrons. The molecule has 0 aromatic rings. The van der Waals surface area contributed by atoms with E-state index >= 15 is 0 Å². The predicted molar refractivity (Wildman–Crippen MR) is 76.4 cm³/mol. The molecule has 0 bridgehead atoms. The first-order valence-electron chi connectivity index (χ1n) is 7.23.